The molecule has 0 spiro atoms. The Balaban J connectivity index is 1.61. The van der Waals surface area contributed by atoms with Crippen LogP contribution in [-0.2, 0) is 4.79 Å². The van der Waals surface area contributed by atoms with Crippen LogP contribution >= 0.6 is 0 Å². The maximum absolute atomic E-state index is 12.5. The Morgan fingerprint density at radius 1 is 1.04 bits per heavy atom. The molecule has 3 rings (SSSR count). The van der Waals surface area contributed by atoms with Crippen LogP contribution in [0, 0.1) is 6.92 Å². The van der Waals surface area contributed by atoms with E-state index in [1.807, 2.05) is 37.3 Å². The Hall–Kier alpha value is -2.69. The van der Waals surface area contributed by atoms with Crippen molar-refractivity contribution in [2.24, 2.45) is 0 Å². The average molecular weight is 369 g/mol. The van der Waals surface area contributed by atoms with Crippen molar-refractivity contribution in [2.75, 3.05) is 6.79 Å². The van der Waals surface area contributed by atoms with Crippen LogP contribution in [0.4, 0.5) is 0 Å². The minimum Gasteiger partial charge on any atom is -0.481 e. The summed E-state index contributed by atoms with van der Waals surface area (Å²) in [6, 6.07) is 11.5. The summed E-state index contributed by atoms with van der Waals surface area (Å²) in [5, 5.41) is 2.99. The highest BCUT2D eigenvalue weighted by molar-refractivity contribution is 5.81. The fourth-order valence-electron chi connectivity index (χ4n) is 3.22. The van der Waals surface area contributed by atoms with Crippen LogP contribution in [0.15, 0.2) is 36.4 Å². The zero-order valence-corrected chi connectivity index (χ0v) is 16.5. The van der Waals surface area contributed by atoms with Gasteiger partial charge in [0.25, 0.3) is 5.91 Å². The molecular formula is C22H27NO4. The lowest BCUT2D eigenvalue weighted by Crippen LogP contribution is -2.37. The van der Waals surface area contributed by atoms with Crippen LogP contribution in [0.3, 0.4) is 0 Å². The Kier molecular flexibility index (Phi) is 5.59. The minimum absolute atomic E-state index is 0.161. The topological polar surface area (TPSA) is 56.8 Å². The number of benzene rings is 2. The van der Waals surface area contributed by atoms with E-state index in [2.05, 4.69) is 32.2 Å². The number of nitrogens with one attached hydrogen (secondary N) is 1. The molecule has 144 valence electrons. The molecule has 1 heterocycles. The molecule has 5 nitrogen and oxygen atoms in total. The first-order valence-electron chi connectivity index (χ1n) is 9.32. The molecule has 2 aromatic carbocycles. The van der Waals surface area contributed by atoms with Gasteiger partial charge in [-0.15, -0.1) is 0 Å². The van der Waals surface area contributed by atoms with Gasteiger partial charge in [-0.2, -0.15) is 0 Å². The van der Waals surface area contributed by atoms with Crippen LogP contribution in [0.2, 0.25) is 0 Å². The van der Waals surface area contributed by atoms with Crippen LogP contribution in [0.5, 0.6) is 17.2 Å². The van der Waals surface area contributed by atoms with E-state index in [4.69, 9.17) is 14.2 Å². The van der Waals surface area contributed by atoms with E-state index in [1.165, 1.54) is 11.1 Å². The van der Waals surface area contributed by atoms with Gasteiger partial charge in [-0.1, -0.05) is 26.0 Å². The van der Waals surface area contributed by atoms with E-state index in [-0.39, 0.29) is 18.7 Å². The van der Waals surface area contributed by atoms with Crippen molar-refractivity contribution in [1.29, 1.82) is 0 Å². The smallest absolute Gasteiger partial charge is 0.261 e. The Bertz CT molecular complexity index is 831. The fourth-order valence-corrected chi connectivity index (χ4v) is 3.22. The number of amides is 1. The normalized spacial score (nSPS) is 14.7. The van der Waals surface area contributed by atoms with Gasteiger partial charge in [0.2, 0.25) is 6.79 Å². The molecule has 0 aromatic heterocycles. The van der Waals surface area contributed by atoms with Gasteiger partial charge >= 0.3 is 0 Å². The van der Waals surface area contributed by atoms with Crippen LogP contribution in [-0.4, -0.2) is 18.8 Å². The SMILES string of the molecule is Cc1cc(OC(C)C(=O)NC(C)c2ccc3c(c2)OCO3)ccc1C(C)C. The second kappa shape index (κ2) is 7.91. The summed E-state index contributed by atoms with van der Waals surface area (Å²) in [5.41, 5.74) is 3.41. The quantitative estimate of drug-likeness (QED) is 0.815. The molecule has 2 unspecified atom stereocenters. The van der Waals surface area contributed by atoms with Crippen molar-refractivity contribution in [3.05, 3.63) is 53.1 Å². The number of hydrogen-bond acceptors (Lipinski definition) is 4. The molecule has 5 heteroatoms. The zero-order valence-electron chi connectivity index (χ0n) is 16.5. The zero-order chi connectivity index (χ0) is 19.6. The number of ether oxygens (including phenoxy) is 3. The molecule has 27 heavy (non-hydrogen) atoms. The third-order valence-electron chi connectivity index (χ3n) is 4.80. The molecule has 2 aromatic rings. The molecular weight excluding hydrogens is 342 g/mol. The molecule has 1 N–H and O–H groups in total. The van der Waals surface area contributed by atoms with E-state index in [0.29, 0.717) is 17.4 Å². The first-order chi connectivity index (χ1) is 12.8. The number of fused-ring (bicyclic) bond motifs is 1. The molecule has 2 atom stereocenters. The van der Waals surface area contributed by atoms with Gasteiger partial charge in [-0.25, -0.2) is 0 Å². The summed E-state index contributed by atoms with van der Waals surface area (Å²) in [5.74, 6) is 2.44. The van der Waals surface area contributed by atoms with Crippen LogP contribution < -0.4 is 19.5 Å². The Morgan fingerprint density at radius 3 is 2.48 bits per heavy atom. The van der Waals surface area contributed by atoms with Crippen molar-refractivity contribution < 1.29 is 19.0 Å². The molecule has 0 fully saturated rings. The van der Waals surface area contributed by atoms with Gasteiger partial charge in [0.1, 0.15) is 5.75 Å². The standard InChI is InChI=1S/C22H27NO4/c1-13(2)19-8-7-18(10-14(19)3)27-16(5)22(24)23-15(4)17-6-9-20-21(11-17)26-12-25-20/h6-11,13,15-16H,12H2,1-5H3,(H,23,24). The minimum atomic E-state index is -0.592. The van der Waals surface area contributed by atoms with E-state index in [1.54, 1.807) is 6.92 Å². The highest BCUT2D eigenvalue weighted by atomic mass is 16.7. The molecule has 0 aliphatic carbocycles. The lowest BCUT2D eigenvalue weighted by atomic mass is 9.98. The van der Waals surface area contributed by atoms with Crippen LogP contribution in [0.1, 0.15) is 56.3 Å². The largest absolute Gasteiger partial charge is 0.481 e. The van der Waals surface area contributed by atoms with Crippen LogP contribution in [0.25, 0.3) is 0 Å². The number of hydrogen-bond donors (Lipinski definition) is 1. The molecule has 0 saturated heterocycles. The molecule has 1 aliphatic heterocycles. The van der Waals surface area contributed by atoms with Gasteiger partial charge in [0, 0.05) is 0 Å². The number of carbonyl (C=O) groups is 1. The number of rotatable bonds is 6. The lowest BCUT2D eigenvalue weighted by molar-refractivity contribution is -0.127. The third kappa shape index (κ3) is 4.35. The molecule has 0 saturated carbocycles. The van der Waals surface area contributed by atoms with Crippen molar-refractivity contribution in [1.82, 2.24) is 5.32 Å². The Morgan fingerprint density at radius 2 is 1.78 bits per heavy atom. The first kappa shape index (κ1) is 19.1. The monoisotopic (exact) mass is 369 g/mol. The number of aryl methyl sites for hydroxylation is 1. The average Bonchev–Trinajstić information content (AvgIpc) is 3.08. The van der Waals surface area contributed by atoms with E-state index in [9.17, 15) is 4.79 Å². The van der Waals surface area contributed by atoms with E-state index >= 15 is 0 Å². The molecule has 1 aliphatic rings. The van der Waals surface area contributed by atoms with Crippen molar-refractivity contribution >= 4 is 5.91 Å². The van der Waals surface area contributed by atoms with Crippen molar-refractivity contribution in [3.63, 3.8) is 0 Å². The second-order valence-corrected chi connectivity index (χ2v) is 7.28. The van der Waals surface area contributed by atoms with Crippen molar-refractivity contribution in [2.45, 2.75) is 52.7 Å². The Labute approximate surface area is 160 Å². The number of carbonyl (C=O) groups excluding carboxylic acids is 1. The fraction of sp³-hybridized carbons (Fsp3) is 0.409. The highest BCUT2D eigenvalue weighted by Gasteiger charge is 2.20. The summed E-state index contributed by atoms with van der Waals surface area (Å²) in [6.07, 6.45) is -0.592. The van der Waals surface area contributed by atoms with Gasteiger partial charge in [-0.05, 0) is 67.6 Å². The van der Waals surface area contributed by atoms with Crippen molar-refractivity contribution in [3.8, 4) is 17.2 Å². The second-order valence-electron chi connectivity index (χ2n) is 7.28. The summed E-state index contributed by atoms with van der Waals surface area (Å²) >= 11 is 0. The van der Waals surface area contributed by atoms with Gasteiger partial charge in [0.15, 0.2) is 17.6 Å². The lowest BCUT2D eigenvalue weighted by Gasteiger charge is -2.20. The molecule has 1 amide bonds. The summed E-state index contributed by atoms with van der Waals surface area (Å²) in [4.78, 5) is 12.5. The maximum Gasteiger partial charge on any atom is 0.261 e. The summed E-state index contributed by atoms with van der Waals surface area (Å²) < 4.78 is 16.6. The summed E-state index contributed by atoms with van der Waals surface area (Å²) in [7, 11) is 0. The highest BCUT2D eigenvalue weighted by Crippen LogP contribution is 2.34. The van der Waals surface area contributed by atoms with Gasteiger partial charge < -0.3 is 19.5 Å². The van der Waals surface area contributed by atoms with Gasteiger partial charge in [0.05, 0.1) is 6.04 Å². The predicted molar refractivity (Wildman–Crippen MR) is 104 cm³/mol. The molecule has 0 bridgehead atoms. The van der Waals surface area contributed by atoms with E-state index in [0.717, 1.165) is 11.3 Å². The van der Waals surface area contributed by atoms with Gasteiger partial charge in [-0.3, -0.25) is 4.79 Å². The van der Waals surface area contributed by atoms with E-state index < -0.39 is 6.10 Å². The third-order valence-corrected chi connectivity index (χ3v) is 4.80. The molecule has 0 radical (unpaired) electrons. The summed E-state index contributed by atoms with van der Waals surface area (Å²) in [6.45, 7) is 10.3. The first-order valence-corrected chi connectivity index (χ1v) is 9.32. The predicted octanol–water partition coefficient (Wildman–Crippen LogP) is 4.49. The maximum atomic E-state index is 12.5.